The molecule has 3 aliphatic rings. The van der Waals surface area contributed by atoms with E-state index in [0.717, 1.165) is 37.1 Å². The van der Waals surface area contributed by atoms with Gasteiger partial charge in [0.15, 0.2) is 5.69 Å². The monoisotopic (exact) mass is 721 g/mol. The van der Waals surface area contributed by atoms with Crippen LogP contribution in [0.2, 0.25) is 5.02 Å². The number of hydrogen-bond acceptors (Lipinski definition) is 10. The fourth-order valence-electron chi connectivity index (χ4n) is 6.85. The van der Waals surface area contributed by atoms with Crippen molar-refractivity contribution in [3.63, 3.8) is 0 Å². The third kappa shape index (κ3) is 8.65. The maximum atomic E-state index is 13.3. The number of sulfonamides is 1. The molecule has 5 rings (SSSR count). The Balaban J connectivity index is 1.19. The fourth-order valence-corrected chi connectivity index (χ4v) is 8.38. The first-order valence-corrected chi connectivity index (χ1v) is 18.4. The number of hydrogen-bond donors (Lipinski definition) is 7. The van der Waals surface area contributed by atoms with Gasteiger partial charge in [-0.05, 0) is 92.7 Å². The number of likely N-dealkylation sites (tertiary alicyclic amines) is 2. The third-order valence-corrected chi connectivity index (χ3v) is 11.4. The van der Waals surface area contributed by atoms with Crippen LogP contribution in [0.4, 0.5) is 10.5 Å². The molecule has 0 aromatic heterocycles. The van der Waals surface area contributed by atoms with Crippen molar-refractivity contribution in [2.24, 2.45) is 0 Å². The highest BCUT2D eigenvalue weighted by atomic mass is 35.5. The molecule has 1 aliphatic carbocycles. The van der Waals surface area contributed by atoms with E-state index in [0.29, 0.717) is 35.7 Å². The van der Waals surface area contributed by atoms with Gasteiger partial charge < -0.3 is 40.5 Å². The number of halogens is 1. The van der Waals surface area contributed by atoms with E-state index in [1.54, 1.807) is 18.2 Å². The summed E-state index contributed by atoms with van der Waals surface area (Å²) in [6.07, 6.45) is -0.903. The Kier molecular flexibility index (Phi) is 12.4. The second kappa shape index (κ2) is 16.3. The van der Waals surface area contributed by atoms with Crippen LogP contribution in [0.5, 0.6) is 5.75 Å². The average Bonchev–Trinajstić information content (AvgIpc) is 3.47. The van der Waals surface area contributed by atoms with E-state index in [-0.39, 0.29) is 30.1 Å². The number of carbonyl (C=O) groups is 1. The Morgan fingerprint density at radius 1 is 1.00 bits per heavy atom. The van der Waals surface area contributed by atoms with Gasteiger partial charge >= 0.3 is 6.03 Å². The number of aliphatic hydroxyl groups excluding tert-OH is 5. The van der Waals surface area contributed by atoms with Crippen molar-refractivity contribution in [3.05, 3.63) is 64.0 Å². The number of carbonyl (C=O) groups excluding carboxylic acids is 1. The number of urea groups is 1. The molecular formula is C33H44ClN5O9S. The van der Waals surface area contributed by atoms with Crippen LogP contribution in [-0.2, 0) is 16.4 Å². The summed E-state index contributed by atoms with van der Waals surface area (Å²) in [7, 11) is -3.91. The average molecular weight is 722 g/mol. The Bertz CT molecular complexity index is 1590. The van der Waals surface area contributed by atoms with Crippen molar-refractivity contribution in [2.45, 2.75) is 86.0 Å². The third-order valence-electron chi connectivity index (χ3n) is 9.63. The Morgan fingerprint density at radius 2 is 1.67 bits per heavy atom. The molecule has 0 radical (unpaired) electrons. The normalized spacial score (nSPS) is 22.8. The molecule has 2 aromatic carbocycles. The lowest BCUT2D eigenvalue weighted by Gasteiger charge is -2.36. The second-order valence-electron chi connectivity index (χ2n) is 12.8. The lowest BCUT2D eigenvalue weighted by molar-refractivity contribution is -0.0905. The molecule has 2 fully saturated rings. The number of amides is 2. The molecule has 7 N–H and O–H groups in total. The number of aliphatic hydroxyl groups is 5. The number of ether oxygens (including phenoxy) is 1. The zero-order chi connectivity index (χ0) is 35.3. The van der Waals surface area contributed by atoms with Crippen molar-refractivity contribution in [1.82, 2.24) is 19.8 Å². The van der Waals surface area contributed by atoms with Crippen molar-refractivity contribution >= 4 is 33.3 Å². The molecule has 0 spiro atoms. The van der Waals surface area contributed by atoms with E-state index in [2.05, 4.69) is 19.8 Å². The number of benzene rings is 2. The summed E-state index contributed by atoms with van der Waals surface area (Å²) in [4.78, 5) is 20.3. The zero-order valence-corrected chi connectivity index (χ0v) is 28.6. The van der Waals surface area contributed by atoms with Gasteiger partial charge in [-0.15, -0.1) is 0 Å². The molecule has 0 bridgehead atoms. The van der Waals surface area contributed by atoms with Crippen LogP contribution < -0.4 is 14.8 Å². The first-order valence-electron chi connectivity index (χ1n) is 16.5. The zero-order valence-electron chi connectivity index (χ0n) is 27.0. The van der Waals surface area contributed by atoms with Gasteiger partial charge in [-0.25, -0.2) is 22.8 Å². The number of rotatable bonds is 12. The van der Waals surface area contributed by atoms with Gasteiger partial charge in [0.25, 0.3) is 0 Å². The Morgan fingerprint density at radius 3 is 2.29 bits per heavy atom. The summed E-state index contributed by atoms with van der Waals surface area (Å²) in [5.41, 5.74) is 2.35. The summed E-state index contributed by atoms with van der Waals surface area (Å²) in [6.45, 7) is 8.38. The molecule has 2 amide bonds. The van der Waals surface area contributed by atoms with Crippen LogP contribution in [0.1, 0.15) is 49.3 Å². The van der Waals surface area contributed by atoms with Crippen LogP contribution >= 0.6 is 11.6 Å². The minimum absolute atomic E-state index is 0.0256. The van der Waals surface area contributed by atoms with Crippen LogP contribution in [0.25, 0.3) is 4.85 Å². The number of nitrogens with one attached hydrogen (secondary N) is 2. The molecule has 16 heteroatoms. The summed E-state index contributed by atoms with van der Waals surface area (Å²) < 4.78 is 35.8. The summed E-state index contributed by atoms with van der Waals surface area (Å²) >= 11 is 6.40. The lowest BCUT2D eigenvalue weighted by Crippen LogP contribution is -2.58. The van der Waals surface area contributed by atoms with Gasteiger partial charge in [-0.2, -0.15) is 0 Å². The van der Waals surface area contributed by atoms with E-state index >= 15 is 0 Å². The quantitative estimate of drug-likeness (QED) is 0.157. The van der Waals surface area contributed by atoms with Crippen molar-refractivity contribution < 1.29 is 43.5 Å². The Hall–Kier alpha value is -3.04. The van der Waals surface area contributed by atoms with Gasteiger partial charge in [-0.3, -0.25) is 4.90 Å². The first-order chi connectivity index (χ1) is 23.4. The van der Waals surface area contributed by atoms with Gasteiger partial charge in [0.2, 0.25) is 10.0 Å². The number of nitrogens with zero attached hydrogens (tertiary/aromatic N) is 3. The molecular weight excluding hydrogens is 678 g/mol. The van der Waals surface area contributed by atoms with E-state index in [1.807, 2.05) is 6.07 Å². The van der Waals surface area contributed by atoms with Crippen LogP contribution in [0, 0.1) is 6.57 Å². The maximum absolute atomic E-state index is 13.3. The molecule has 268 valence electrons. The first kappa shape index (κ1) is 37.2. The van der Waals surface area contributed by atoms with Gasteiger partial charge in [0.1, 0.15) is 30.2 Å². The largest absolute Gasteiger partial charge is 0.484 e. The molecule has 6 atom stereocenters. The molecule has 2 aliphatic heterocycles. The molecule has 2 heterocycles. The number of fused-ring (bicyclic) bond motifs is 1. The van der Waals surface area contributed by atoms with Gasteiger partial charge in [0, 0.05) is 24.2 Å². The summed E-state index contributed by atoms with van der Waals surface area (Å²) in [5.74, 6) is 0.493. The maximum Gasteiger partial charge on any atom is 0.317 e. The predicted octanol–water partition coefficient (Wildman–Crippen LogP) is 1.31. The van der Waals surface area contributed by atoms with E-state index < -0.39 is 59.7 Å². The smallest absolute Gasteiger partial charge is 0.317 e. The number of piperidine rings is 2. The van der Waals surface area contributed by atoms with Crippen molar-refractivity contribution in [2.75, 3.05) is 39.4 Å². The second-order valence-corrected chi connectivity index (χ2v) is 15.0. The van der Waals surface area contributed by atoms with Crippen LogP contribution in [0.3, 0.4) is 0 Å². The highest BCUT2D eigenvalue weighted by Gasteiger charge is 2.40. The SMILES string of the molecule is [C-]#[N+]c1cc(Cl)cc2c1C[C@H](N1CCCCC1)[C@H]2Oc1ccc(S(=O)(=O)NC2CCN(C(=O)N[C@@H](CO)[C@@H](O)[C@H](O)[C@H](O)CO)CC2)cc1. The highest BCUT2D eigenvalue weighted by Crippen LogP contribution is 2.44. The minimum atomic E-state index is -3.91. The fraction of sp³-hybridized carbons (Fsp3) is 0.576. The summed E-state index contributed by atoms with van der Waals surface area (Å²) in [5, 5.41) is 51.2. The molecule has 0 saturated carbocycles. The molecule has 2 saturated heterocycles. The highest BCUT2D eigenvalue weighted by molar-refractivity contribution is 7.89. The van der Waals surface area contributed by atoms with Gasteiger partial charge in [-0.1, -0.05) is 18.0 Å². The van der Waals surface area contributed by atoms with Crippen molar-refractivity contribution in [1.29, 1.82) is 0 Å². The topological polar surface area (TPSA) is 196 Å². The van der Waals surface area contributed by atoms with Crippen molar-refractivity contribution in [3.8, 4) is 5.75 Å². The van der Waals surface area contributed by atoms with E-state index in [9.17, 15) is 33.6 Å². The molecule has 2 aromatic rings. The van der Waals surface area contributed by atoms with E-state index in [4.69, 9.17) is 28.0 Å². The van der Waals surface area contributed by atoms with Gasteiger partial charge in [0.05, 0.1) is 36.8 Å². The molecule has 0 unspecified atom stereocenters. The van der Waals surface area contributed by atoms with Crippen LogP contribution in [0.15, 0.2) is 41.3 Å². The lowest BCUT2D eigenvalue weighted by atomic mass is 10.0. The standard InChI is InChI=1S/C33H44ClN5O9S/c1-35-26-16-20(34)15-25-24(26)17-28(38-11-3-2-4-12-38)32(25)48-22-5-7-23(8-6-22)49(46,47)37-21-9-13-39(14-10-21)33(45)36-27(18-40)30(43)31(44)29(42)19-41/h5-8,15-16,21,27-32,37,40-44H,2-4,9-14,17-19H2,(H,36,45)/t27-,28-,29+,30+,31+,32-/m0/s1. The Labute approximate surface area is 291 Å². The molecule has 49 heavy (non-hydrogen) atoms. The van der Waals surface area contributed by atoms with Crippen LogP contribution in [-0.4, -0.2) is 126 Å². The summed E-state index contributed by atoms with van der Waals surface area (Å²) in [6, 6.07) is 7.39. The molecule has 14 nitrogen and oxygen atoms in total. The van der Waals surface area contributed by atoms with E-state index in [1.165, 1.54) is 23.5 Å². The minimum Gasteiger partial charge on any atom is -0.484 e. The predicted molar refractivity (Wildman–Crippen MR) is 180 cm³/mol.